The molecule has 0 bridgehead atoms. The maximum Gasteiger partial charge on any atom is 0.124 e. The average molecular weight is 250 g/mol. The molecule has 0 heterocycles. The number of hydrogen-bond donors (Lipinski definition) is 1. The summed E-state index contributed by atoms with van der Waals surface area (Å²) in [7, 11) is -1.05. The minimum Gasteiger partial charge on any atom is -0.327 e. The molecule has 84 valence electrons. The lowest BCUT2D eigenvalue weighted by atomic mass is 10.2. The van der Waals surface area contributed by atoms with Crippen LogP contribution in [-0.2, 0) is 16.6 Å². The number of halogens is 2. The van der Waals surface area contributed by atoms with Gasteiger partial charge >= 0.3 is 0 Å². The molecule has 15 heavy (non-hydrogen) atoms. The highest BCUT2D eigenvalue weighted by molar-refractivity contribution is 7.84. The molecular formula is C10H13ClFNOS. The van der Waals surface area contributed by atoms with Crippen molar-refractivity contribution in [2.75, 3.05) is 5.75 Å². The molecule has 0 spiro atoms. The van der Waals surface area contributed by atoms with Gasteiger partial charge in [0.05, 0.1) is 5.75 Å². The van der Waals surface area contributed by atoms with Gasteiger partial charge in [0.25, 0.3) is 0 Å². The molecule has 0 aromatic heterocycles. The molecular weight excluding hydrogens is 237 g/mol. The van der Waals surface area contributed by atoms with Crippen LogP contribution in [0.25, 0.3) is 0 Å². The molecule has 2 atom stereocenters. The molecule has 1 aromatic carbocycles. The van der Waals surface area contributed by atoms with Crippen molar-refractivity contribution in [2.45, 2.75) is 18.7 Å². The Morgan fingerprint density at radius 2 is 2.27 bits per heavy atom. The number of rotatable bonds is 4. The van der Waals surface area contributed by atoms with Gasteiger partial charge < -0.3 is 5.73 Å². The van der Waals surface area contributed by atoms with Crippen molar-refractivity contribution in [1.29, 1.82) is 0 Å². The predicted octanol–water partition coefficient (Wildman–Crippen LogP) is 2.08. The molecule has 0 amide bonds. The number of nitrogens with two attached hydrogens (primary N) is 1. The van der Waals surface area contributed by atoms with Crippen molar-refractivity contribution >= 4 is 22.4 Å². The van der Waals surface area contributed by atoms with Gasteiger partial charge in [-0.25, -0.2) is 4.39 Å². The summed E-state index contributed by atoms with van der Waals surface area (Å²) < 4.78 is 24.3. The smallest absolute Gasteiger partial charge is 0.124 e. The van der Waals surface area contributed by atoms with E-state index in [-0.39, 0.29) is 11.9 Å². The summed E-state index contributed by atoms with van der Waals surface area (Å²) in [6, 6.07) is 3.98. The van der Waals surface area contributed by atoms with Gasteiger partial charge in [-0.1, -0.05) is 17.7 Å². The Hall–Kier alpha value is -0.450. The van der Waals surface area contributed by atoms with Crippen LogP contribution in [-0.4, -0.2) is 16.0 Å². The monoisotopic (exact) mass is 249 g/mol. The zero-order chi connectivity index (χ0) is 11.4. The highest BCUT2D eigenvalue weighted by atomic mass is 35.5. The number of hydrogen-bond acceptors (Lipinski definition) is 2. The lowest BCUT2D eigenvalue weighted by Gasteiger charge is -2.06. The second-order valence-corrected chi connectivity index (χ2v) is 5.37. The Morgan fingerprint density at radius 3 is 2.80 bits per heavy atom. The standard InChI is InChI=1S/C10H13ClFNOS/c1-7(13)5-15(14)6-8-2-3-9(12)4-10(8)11/h2-4,7H,5-6,13H2,1H3. The molecule has 0 radical (unpaired) electrons. The topological polar surface area (TPSA) is 43.1 Å². The van der Waals surface area contributed by atoms with E-state index in [1.165, 1.54) is 12.1 Å². The summed E-state index contributed by atoms with van der Waals surface area (Å²) in [6.07, 6.45) is 0. The van der Waals surface area contributed by atoms with Crippen molar-refractivity contribution in [3.8, 4) is 0 Å². The molecule has 0 aliphatic carbocycles. The van der Waals surface area contributed by atoms with Gasteiger partial charge in [-0.05, 0) is 24.6 Å². The maximum absolute atomic E-state index is 12.7. The van der Waals surface area contributed by atoms with Gasteiger partial charge in [0.15, 0.2) is 0 Å². The van der Waals surface area contributed by atoms with E-state index in [2.05, 4.69) is 0 Å². The summed E-state index contributed by atoms with van der Waals surface area (Å²) in [6.45, 7) is 1.80. The van der Waals surface area contributed by atoms with E-state index in [9.17, 15) is 8.60 Å². The zero-order valence-corrected chi connectivity index (χ0v) is 9.95. The summed E-state index contributed by atoms with van der Waals surface area (Å²) in [5, 5.41) is 0.313. The maximum atomic E-state index is 12.7. The van der Waals surface area contributed by atoms with Crippen molar-refractivity contribution < 1.29 is 8.60 Å². The fraction of sp³-hybridized carbons (Fsp3) is 0.400. The highest BCUT2D eigenvalue weighted by Gasteiger charge is 2.08. The summed E-state index contributed by atoms with van der Waals surface area (Å²) >= 11 is 5.80. The van der Waals surface area contributed by atoms with E-state index in [1.807, 2.05) is 0 Å². The summed E-state index contributed by atoms with van der Waals surface area (Å²) in [5.74, 6) is 0.357. The molecule has 2 unspecified atom stereocenters. The quantitative estimate of drug-likeness (QED) is 0.888. The first-order chi connectivity index (χ1) is 6.99. The van der Waals surface area contributed by atoms with Crippen molar-refractivity contribution in [3.63, 3.8) is 0 Å². The Balaban J connectivity index is 2.68. The van der Waals surface area contributed by atoms with E-state index in [0.29, 0.717) is 22.1 Å². The lowest BCUT2D eigenvalue weighted by molar-refractivity contribution is 0.627. The van der Waals surface area contributed by atoms with Gasteiger partial charge in [0.1, 0.15) is 5.82 Å². The van der Waals surface area contributed by atoms with Crippen LogP contribution in [0.5, 0.6) is 0 Å². The van der Waals surface area contributed by atoms with E-state index < -0.39 is 10.8 Å². The fourth-order valence-electron chi connectivity index (χ4n) is 1.16. The normalized spacial score (nSPS) is 14.9. The summed E-state index contributed by atoms with van der Waals surface area (Å²) in [4.78, 5) is 0. The van der Waals surface area contributed by atoms with E-state index in [4.69, 9.17) is 17.3 Å². The van der Waals surface area contributed by atoms with Gasteiger partial charge in [0.2, 0.25) is 0 Å². The van der Waals surface area contributed by atoms with Crippen LogP contribution >= 0.6 is 11.6 Å². The predicted molar refractivity (Wildman–Crippen MR) is 61.8 cm³/mol. The van der Waals surface area contributed by atoms with Crippen molar-refractivity contribution in [2.24, 2.45) is 5.73 Å². The van der Waals surface area contributed by atoms with Gasteiger partial charge in [-0.3, -0.25) is 4.21 Å². The van der Waals surface area contributed by atoms with Crippen molar-refractivity contribution in [3.05, 3.63) is 34.6 Å². The van der Waals surface area contributed by atoms with Crippen LogP contribution in [0.15, 0.2) is 18.2 Å². The van der Waals surface area contributed by atoms with E-state index >= 15 is 0 Å². The van der Waals surface area contributed by atoms with Crippen LogP contribution in [0.3, 0.4) is 0 Å². The SMILES string of the molecule is CC(N)CS(=O)Cc1ccc(F)cc1Cl. The Morgan fingerprint density at radius 1 is 1.60 bits per heavy atom. The summed E-state index contributed by atoms with van der Waals surface area (Å²) in [5.41, 5.74) is 6.21. The number of benzene rings is 1. The Labute approximate surface area is 96.1 Å². The molecule has 0 aliphatic heterocycles. The molecule has 1 rings (SSSR count). The molecule has 5 heteroatoms. The zero-order valence-electron chi connectivity index (χ0n) is 8.37. The molecule has 0 aliphatic rings. The molecule has 0 fully saturated rings. The van der Waals surface area contributed by atoms with E-state index in [0.717, 1.165) is 0 Å². The first kappa shape index (κ1) is 12.6. The Bertz CT molecular complexity index is 370. The molecule has 1 aromatic rings. The largest absolute Gasteiger partial charge is 0.327 e. The minimum atomic E-state index is -1.05. The third-order valence-corrected chi connectivity index (χ3v) is 3.66. The third kappa shape index (κ3) is 4.28. The second-order valence-electron chi connectivity index (χ2n) is 3.46. The van der Waals surface area contributed by atoms with Gasteiger partial charge in [-0.15, -0.1) is 0 Å². The molecule has 0 saturated carbocycles. The van der Waals surface area contributed by atoms with Crippen LogP contribution in [0.4, 0.5) is 4.39 Å². The van der Waals surface area contributed by atoms with Gasteiger partial charge in [-0.2, -0.15) is 0 Å². The third-order valence-electron chi connectivity index (χ3n) is 1.78. The molecule has 2 N–H and O–H groups in total. The van der Waals surface area contributed by atoms with Gasteiger partial charge in [0, 0.05) is 27.6 Å². The lowest BCUT2D eigenvalue weighted by Crippen LogP contribution is -2.23. The minimum absolute atomic E-state index is 0.106. The average Bonchev–Trinajstić information content (AvgIpc) is 2.08. The fourth-order valence-corrected chi connectivity index (χ4v) is 2.78. The van der Waals surface area contributed by atoms with Crippen LogP contribution in [0.2, 0.25) is 5.02 Å². The first-order valence-electron chi connectivity index (χ1n) is 4.53. The van der Waals surface area contributed by atoms with Crippen molar-refractivity contribution in [1.82, 2.24) is 0 Å². The molecule has 2 nitrogen and oxygen atoms in total. The van der Waals surface area contributed by atoms with E-state index in [1.54, 1.807) is 13.0 Å². The first-order valence-corrected chi connectivity index (χ1v) is 6.40. The van der Waals surface area contributed by atoms with Crippen LogP contribution in [0, 0.1) is 5.82 Å². The van der Waals surface area contributed by atoms with Crippen LogP contribution < -0.4 is 5.73 Å². The Kier molecular flexibility index (Phi) is 4.70. The van der Waals surface area contributed by atoms with Crippen LogP contribution in [0.1, 0.15) is 12.5 Å². The molecule has 0 saturated heterocycles. The highest BCUT2D eigenvalue weighted by Crippen LogP contribution is 2.18. The second kappa shape index (κ2) is 5.58.